The molecule has 204 valence electrons. The number of hydrogen-bond acceptors (Lipinski definition) is 14. The number of aliphatic carboxylic acids is 6. The number of hydrogen-bond donors (Lipinski definition) is 2. The Hall–Kier alpha value is -1.24. The number of carbonyl (C=O) groups is 6. The maximum Gasteiger partial charge on any atom is 2.00 e. The van der Waals surface area contributed by atoms with Crippen molar-refractivity contribution < 1.29 is 108 Å². The van der Waals surface area contributed by atoms with Gasteiger partial charge in [0.1, 0.15) is 11.2 Å². The molecule has 0 aliphatic heterocycles. The van der Waals surface area contributed by atoms with Crippen molar-refractivity contribution in [2.75, 3.05) is 0 Å². The van der Waals surface area contributed by atoms with Gasteiger partial charge in [-0.3, -0.25) is 0 Å². The van der Waals surface area contributed by atoms with E-state index in [-0.39, 0.29) is 107 Å². The van der Waals surface area contributed by atoms with Gasteiger partial charge < -0.3 is 108 Å². The predicted octanol–water partition coefficient (Wildman–Crippen LogP) is -17.4. The number of aliphatic hydroxyl groups is 2. The van der Waals surface area contributed by atoms with Gasteiger partial charge in [-0.1, -0.05) is 0 Å². The van der Waals surface area contributed by atoms with Crippen LogP contribution >= 0.6 is 0 Å². The van der Waals surface area contributed by atoms with Gasteiger partial charge >= 0.3 is 69.2 Å². The van der Waals surface area contributed by atoms with Crippen molar-refractivity contribution >= 4 is 105 Å². The zero-order chi connectivity index (χ0) is 21.3. The van der Waals surface area contributed by atoms with Crippen molar-refractivity contribution in [3.05, 3.63) is 0 Å². The number of rotatable bonds is 10. The molecule has 0 aliphatic carbocycles. The largest absolute Gasteiger partial charge is 2.00 e. The molecule has 0 amide bonds. The summed E-state index contributed by atoms with van der Waals surface area (Å²) in [5.74, 6) is -12.0. The van der Waals surface area contributed by atoms with Crippen molar-refractivity contribution in [2.24, 2.45) is 0 Å². The van der Waals surface area contributed by atoms with Crippen LogP contribution in [0.3, 0.4) is 0 Å². The van der Waals surface area contributed by atoms with Crippen molar-refractivity contribution in [3.8, 4) is 0 Å². The fourth-order valence-corrected chi connectivity index (χ4v) is 1.37. The van der Waals surface area contributed by atoms with Crippen LogP contribution in [-0.4, -0.2) is 165 Å². The van der Waals surface area contributed by atoms with E-state index in [2.05, 4.69) is 0 Å². The Morgan fingerprint density at radius 2 is 0.528 bits per heavy atom. The van der Waals surface area contributed by atoms with Crippen LogP contribution in [0.25, 0.3) is 0 Å². The zero-order valence-electron chi connectivity index (χ0n) is 18.2. The van der Waals surface area contributed by atoms with Crippen molar-refractivity contribution in [1.29, 1.82) is 0 Å². The molecule has 0 fully saturated rings. The first kappa shape index (κ1) is 76.5. The summed E-state index contributed by atoms with van der Waals surface area (Å²) in [7, 11) is 0. The summed E-state index contributed by atoms with van der Waals surface area (Å²) in [5, 5.41) is 77.9. The summed E-state index contributed by atoms with van der Waals surface area (Å²) in [4.78, 5) is 60.0. The van der Waals surface area contributed by atoms with Crippen LogP contribution in [0.1, 0.15) is 25.7 Å². The Balaban J connectivity index is -0.0000000250. The predicted molar refractivity (Wildman–Crippen MR) is 101 cm³/mol. The molecule has 0 unspecified atom stereocenters. The van der Waals surface area contributed by atoms with Gasteiger partial charge in [-0.15, -0.1) is 0 Å². The summed E-state index contributed by atoms with van der Waals surface area (Å²) in [5.41, 5.74) is -5.95. The van der Waals surface area contributed by atoms with Gasteiger partial charge in [0.15, 0.2) is 0 Å². The molecule has 24 heteroatoms. The van der Waals surface area contributed by atoms with E-state index < -0.39 is 72.7 Å². The minimum atomic E-state index is -2.97. The molecule has 0 saturated carbocycles. The molecular formula is C12H24Mg3O21. The first-order valence-electron chi connectivity index (χ1n) is 6.23. The Bertz CT molecular complexity index is 527. The van der Waals surface area contributed by atoms with E-state index in [1.807, 2.05) is 0 Å². The van der Waals surface area contributed by atoms with Gasteiger partial charge in [0.25, 0.3) is 0 Å². The van der Waals surface area contributed by atoms with E-state index in [0.29, 0.717) is 0 Å². The fourth-order valence-electron chi connectivity index (χ4n) is 1.37. The summed E-state index contributed by atoms with van der Waals surface area (Å²) >= 11 is 0. The number of carboxylic acids is 6. The van der Waals surface area contributed by atoms with E-state index in [0.717, 1.165) is 0 Å². The first-order chi connectivity index (χ1) is 11.6. The van der Waals surface area contributed by atoms with E-state index >= 15 is 0 Å². The van der Waals surface area contributed by atoms with Crippen LogP contribution in [0.5, 0.6) is 0 Å². The topological polar surface area (TPSA) is 502 Å². The molecule has 0 aromatic carbocycles. The standard InChI is InChI=1S/2C6H8O7.3Mg.7H2O/c2*7-3(8)1-6(13,5(11)12)2-4(9)10;;;;;;;;;;/h2*13H,1-2H2,(H,7,8)(H,9,10)(H,11,12);;;;7*1H2/q;;3*+2;;;;;;;/p-6. The number of carboxylic acid groups (broad SMARTS) is 6. The van der Waals surface area contributed by atoms with Crippen molar-refractivity contribution in [3.63, 3.8) is 0 Å². The SMILES string of the molecule is O.O.O.O.O.O.O.O=C([O-])CC(O)(CC(=O)[O-])C(=O)[O-].O=C([O-])CC(O)(CC(=O)[O-])C(=O)[O-].[Mg+2].[Mg+2].[Mg+2]. The summed E-state index contributed by atoms with van der Waals surface area (Å²) in [6.07, 6.45) is -5.43. The molecule has 21 nitrogen and oxygen atoms in total. The van der Waals surface area contributed by atoms with Gasteiger partial charge in [-0.2, -0.15) is 0 Å². The molecule has 0 atom stereocenters. The van der Waals surface area contributed by atoms with Gasteiger partial charge in [0, 0.05) is 49.6 Å². The Kier molecular flexibility index (Phi) is 71.7. The smallest absolute Gasteiger partial charge is 0.550 e. The van der Waals surface area contributed by atoms with Crippen LogP contribution in [0.15, 0.2) is 0 Å². The second-order valence-electron chi connectivity index (χ2n) is 4.83. The van der Waals surface area contributed by atoms with Gasteiger partial charge in [-0.25, -0.2) is 0 Å². The molecule has 0 bridgehead atoms. The second kappa shape index (κ2) is 33.8. The monoisotopic (exact) mass is 576 g/mol. The fraction of sp³-hybridized carbons (Fsp3) is 0.500. The van der Waals surface area contributed by atoms with Gasteiger partial charge in [0.05, 0.1) is 11.9 Å². The molecule has 0 heterocycles. The van der Waals surface area contributed by atoms with Crippen LogP contribution in [-0.2, 0) is 28.8 Å². The van der Waals surface area contributed by atoms with Gasteiger partial charge in [-0.05, 0) is 0 Å². The Morgan fingerprint density at radius 1 is 0.417 bits per heavy atom. The van der Waals surface area contributed by atoms with Crippen LogP contribution in [0.2, 0.25) is 0 Å². The third kappa shape index (κ3) is 34.9. The van der Waals surface area contributed by atoms with Crippen LogP contribution in [0.4, 0.5) is 0 Å². The molecule has 0 saturated heterocycles. The van der Waals surface area contributed by atoms with Gasteiger partial charge in [0.2, 0.25) is 0 Å². The normalized spacial score (nSPS) is 7.83. The second-order valence-corrected chi connectivity index (χ2v) is 4.83. The Labute approximate surface area is 248 Å². The molecule has 0 rings (SSSR count). The molecule has 0 spiro atoms. The molecule has 16 N–H and O–H groups in total. The van der Waals surface area contributed by atoms with Crippen LogP contribution in [0, 0.1) is 0 Å². The van der Waals surface area contributed by atoms with E-state index in [4.69, 9.17) is 10.2 Å². The molecule has 0 radical (unpaired) electrons. The maximum atomic E-state index is 10.1. The summed E-state index contributed by atoms with van der Waals surface area (Å²) in [6, 6.07) is 0. The third-order valence-electron chi connectivity index (χ3n) is 2.51. The Morgan fingerprint density at radius 3 is 0.583 bits per heavy atom. The molecule has 0 aromatic heterocycles. The minimum absolute atomic E-state index is 0. The summed E-state index contributed by atoms with van der Waals surface area (Å²) < 4.78 is 0. The zero-order valence-corrected chi connectivity index (χ0v) is 22.5. The molecule has 0 aliphatic rings. The molecule has 0 aromatic rings. The average Bonchev–Trinajstić information content (AvgIpc) is 2.34. The quantitative estimate of drug-likeness (QED) is 0.228. The van der Waals surface area contributed by atoms with Crippen molar-refractivity contribution in [1.82, 2.24) is 0 Å². The van der Waals surface area contributed by atoms with E-state index in [9.17, 15) is 59.4 Å². The average molecular weight is 577 g/mol. The van der Waals surface area contributed by atoms with E-state index in [1.165, 1.54) is 0 Å². The minimum Gasteiger partial charge on any atom is -0.550 e. The molecule has 36 heavy (non-hydrogen) atoms. The van der Waals surface area contributed by atoms with Crippen molar-refractivity contribution in [2.45, 2.75) is 36.9 Å². The summed E-state index contributed by atoms with van der Waals surface area (Å²) in [6.45, 7) is 0. The molecular weight excluding hydrogens is 553 g/mol. The van der Waals surface area contributed by atoms with Crippen LogP contribution < -0.4 is 30.6 Å². The number of carbonyl (C=O) groups excluding carboxylic acids is 6. The first-order valence-corrected chi connectivity index (χ1v) is 6.23. The maximum absolute atomic E-state index is 10.1. The third-order valence-corrected chi connectivity index (χ3v) is 2.51. The van der Waals surface area contributed by atoms with E-state index in [1.54, 1.807) is 0 Å².